The lowest BCUT2D eigenvalue weighted by molar-refractivity contribution is 0.215. The molecule has 268 valence electrons. The van der Waals surface area contributed by atoms with E-state index in [4.69, 9.17) is 0 Å². The van der Waals surface area contributed by atoms with Crippen molar-refractivity contribution in [2.24, 2.45) is 11.8 Å². The SMILES string of the molecule is C/C=C\C(=C/C1=CN(c2ccccc2)C2C1=CC=C1C2C(CC)=C(CC)N1[C@]1(C)C=CCCC1)C1(C2=CC=CCC2)c2ccccc2C2C=CC=CC21. The van der Waals surface area contributed by atoms with Crippen molar-refractivity contribution < 1.29 is 0 Å². The lowest BCUT2D eigenvalue weighted by Crippen LogP contribution is -2.46. The summed E-state index contributed by atoms with van der Waals surface area (Å²) in [4.78, 5) is 5.40. The molecule has 0 N–H and O–H groups in total. The van der Waals surface area contributed by atoms with E-state index < -0.39 is 0 Å². The van der Waals surface area contributed by atoms with Crippen molar-refractivity contribution in [1.82, 2.24) is 4.90 Å². The third-order valence-corrected chi connectivity index (χ3v) is 13.4. The fourth-order valence-electron chi connectivity index (χ4n) is 11.4. The van der Waals surface area contributed by atoms with Crippen molar-refractivity contribution in [3.8, 4) is 0 Å². The largest absolute Gasteiger partial charge is 0.339 e. The van der Waals surface area contributed by atoms with E-state index >= 15 is 0 Å². The van der Waals surface area contributed by atoms with Gasteiger partial charge in [-0.1, -0.05) is 135 Å². The van der Waals surface area contributed by atoms with Gasteiger partial charge in [0.1, 0.15) is 0 Å². The smallest absolute Gasteiger partial charge is 0.0713 e. The van der Waals surface area contributed by atoms with E-state index in [1.165, 1.54) is 64.1 Å². The Morgan fingerprint density at radius 3 is 2.47 bits per heavy atom. The van der Waals surface area contributed by atoms with Crippen LogP contribution in [0.25, 0.3) is 0 Å². The molecule has 7 aliphatic rings. The van der Waals surface area contributed by atoms with Crippen molar-refractivity contribution >= 4 is 5.69 Å². The number of fused-ring (bicyclic) bond motifs is 6. The summed E-state index contributed by atoms with van der Waals surface area (Å²) in [5, 5.41) is 0. The summed E-state index contributed by atoms with van der Waals surface area (Å²) >= 11 is 0. The standard InChI is InChI=1S/C51H54N2/c1-5-21-38(51(37-22-11-8-12-23-37)44-28-17-15-26-42(44)43-27-16-18-29-45(43)51)34-36-35-52(39-24-13-9-14-25-39)49-41(36)30-31-47-48(49)40(6-2)46(7-3)53(47)50(4)32-19-10-20-33-50/h5,8-9,11,13-19,21-22,24-32,34-35,42,44,48-49H,6-7,10,12,20,23,33H2,1-4H3/b21-5-,38-34+/t42?,44?,48?,49?,50-,51?/m1/s1. The Morgan fingerprint density at radius 1 is 0.887 bits per heavy atom. The normalized spacial score (nSPS) is 31.4. The van der Waals surface area contributed by atoms with Crippen LogP contribution in [0.4, 0.5) is 5.69 Å². The zero-order chi connectivity index (χ0) is 36.2. The molecule has 2 heterocycles. The highest BCUT2D eigenvalue weighted by atomic mass is 15.3. The van der Waals surface area contributed by atoms with Gasteiger partial charge < -0.3 is 9.80 Å². The number of rotatable bonds is 8. The molecular formula is C51H54N2. The second-order valence-corrected chi connectivity index (χ2v) is 16.1. The third-order valence-electron chi connectivity index (χ3n) is 13.4. The van der Waals surface area contributed by atoms with Gasteiger partial charge in [0.05, 0.1) is 11.6 Å². The van der Waals surface area contributed by atoms with Gasteiger partial charge in [-0.15, -0.1) is 0 Å². The number of nitrogens with zero attached hydrogens (tertiary/aromatic N) is 2. The molecule has 2 aromatic carbocycles. The van der Waals surface area contributed by atoms with E-state index in [0.29, 0.717) is 17.8 Å². The van der Waals surface area contributed by atoms with Gasteiger partial charge in [0.2, 0.25) is 0 Å². The Bertz CT molecular complexity index is 2140. The van der Waals surface area contributed by atoms with Crippen LogP contribution in [0, 0.1) is 11.8 Å². The summed E-state index contributed by atoms with van der Waals surface area (Å²) in [6.07, 6.45) is 44.2. The maximum absolute atomic E-state index is 2.78. The van der Waals surface area contributed by atoms with E-state index in [2.05, 4.69) is 183 Å². The summed E-state index contributed by atoms with van der Waals surface area (Å²) in [6.45, 7) is 9.43. The van der Waals surface area contributed by atoms with Gasteiger partial charge >= 0.3 is 0 Å². The first kappa shape index (κ1) is 34.0. The van der Waals surface area contributed by atoms with Crippen molar-refractivity contribution in [1.29, 1.82) is 0 Å². The molecule has 0 spiro atoms. The molecule has 0 aromatic heterocycles. The van der Waals surface area contributed by atoms with Crippen LogP contribution >= 0.6 is 0 Å². The minimum absolute atomic E-state index is 0.00425. The molecule has 0 saturated carbocycles. The number of para-hydroxylation sites is 1. The van der Waals surface area contributed by atoms with E-state index in [9.17, 15) is 0 Å². The van der Waals surface area contributed by atoms with Crippen LogP contribution < -0.4 is 4.90 Å². The first-order valence-corrected chi connectivity index (χ1v) is 20.4. The summed E-state index contributed by atoms with van der Waals surface area (Å²) in [5.74, 6) is 0.971. The van der Waals surface area contributed by atoms with Gasteiger partial charge in [0, 0.05) is 46.5 Å². The fraction of sp³-hybridized carbons (Fsp3) is 0.333. The number of allylic oxidation sites excluding steroid dienone is 16. The van der Waals surface area contributed by atoms with Crippen molar-refractivity contribution in [2.45, 2.75) is 95.6 Å². The van der Waals surface area contributed by atoms with Gasteiger partial charge in [-0.3, -0.25) is 0 Å². The quantitative estimate of drug-likeness (QED) is 0.200. The minimum Gasteiger partial charge on any atom is -0.339 e. The molecule has 53 heavy (non-hydrogen) atoms. The Labute approximate surface area is 318 Å². The highest BCUT2D eigenvalue weighted by Crippen LogP contribution is 2.62. The molecule has 2 aromatic rings. The predicted octanol–water partition coefficient (Wildman–Crippen LogP) is 12.6. The lowest BCUT2D eigenvalue weighted by Gasteiger charge is -2.45. The second-order valence-electron chi connectivity index (χ2n) is 16.1. The second kappa shape index (κ2) is 13.5. The van der Waals surface area contributed by atoms with Crippen molar-refractivity contribution in [3.05, 3.63) is 196 Å². The highest BCUT2D eigenvalue weighted by molar-refractivity contribution is 5.71. The average Bonchev–Trinajstić information content (AvgIpc) is 3.85. The van der Waals surface area contributed by atoms with Crippen LogP contribution in [0.1, 0.15) is 89.7 Å². The third kappa shape index (κ3) is 5.12. The monoisotopic (exact) mass is 694 g/mol. The molecule has 5 aliphatic carbocycles. The average molecular weight is 695 g/mol. The predicted molar refractivity (Wildman–Crippen MR) is 223 cm³/mol. The van der Waals surface area contributed by atoms with E-state index in [1.54, 1.807) is 11.3 Å². The van der Waals surface area contributed by atoms with Crippen LogP contribution in [0.5, 0.6) is 0 Å². The van der Waals surface area contributed by atoms with Gasteiger partial charge in [-0.05, 0) is 116 Å². The fourth-order valence-corrected chi connectivity index (χ4v) is 11.4. The van der Waals surface area contributed by atoms with Crippen molar-refractivity contribution in [2.75, 3.05) is 4.90 Å². The molecule has 5 unspecified atom stereocenters. The van der Waals surface area contributed by atoms with Gasteiger partial charge in [-0.25, -0.2) is 0 Å². The summed E-state index contributed by atoms with van der Waals surface area (Å²) in [6, 6.07) is 20.7. The molecule has 2 aliphatic heterocycles. The van der Waals surface area contributed by atoms with Gasteiger partial charge in [-0.2, -0.15) is 0 Å². The van der Waals surface area contributed by atoms with Crippen LogP contribution in [-0.2, 0) is 5.41 Å². The minimum atomic E-state index is -0.261. The number of anilines is 1. The Hall–Kier alpha value is -4.82. The lowest BCUT2D eigenvalue weighted by atomic mass is 9.60. The molecule has 0 saturated heterocycles. The molecule has 2 heteroatoms. The zero-order valence-corrected chi connectivity index (χ0v) is 32.0. The van der Waals surface area contributed by atoms with Crippen LogP contribution in [-0.4, -0.2) is 16.5 Å². The van der Waals surface area contributed by atoms with Gasteiger partial charge in [0.25, 0.3) is 0 Å². The van der Waals surface area contributed by atoms with Gasteiger partial charge in [0.15, 0.2) is 0 Å². The van der Waals surface area contributed by atoms with Crippen LogP contribution in [0.15, 0.2) is 185 Å². The Morgan fingerprint density at radius 2 is 1.72 bits per heavy atom. The van der Waals surface area contributed by atoms with E-state index in [0.717, 1.165) is 25.7 Å². The maximum atomic E-state index is 2.78. The van der Waals surface area contributed by atoms with E-state index in [1.807, 2.05) is 0 Å². The maximum Gasteiger partial charge on any atom is 0.0713 e. The summed E-state index contributed by atoms with van der Waals surface area (Å²) < 4.78 is 0. The molecule has 0 radical (unpaired) electrons. The molecule has 0 bridgehead atoms. The molecule has 6 atom stereocenters. The first-order valence-electron chi connectivity index (χ1n) is 20.4. The van der Waals surface area contributed by atoms with Crippen molar-refractivity contribution in [3.63, 3.8) is 0 Å². The number of hydrogen-bond donors (Lipinski definition) is 0. The number of hydrogen-bond acceptors (Lipinski definition) is 2. The Balaban J connectivity index is 1.26. The molecule has 0 fully saturated rings. The van der Waals surface area contributed by atoms with Crippen LogP contribution in [0.2, 0.25) is 0 Å². The number of benzene rings is 2. The summed E-state index contributed by atoms with van der Waals surface area (Å²) in [7, 11) is 0. The van der Waals surface area contributed by atoms with Crippen LogP contribution in [0.3, 0.4) is 0 Å². The first-order chi connectivity index (χ1) is 26.0. The topological polar surface area (TPSA) is 6.48 Å². The molecule has 9 rings (SSSR count). The molecular weight excluding hydrogens is 641 g/mol. The van der Waals surface area contributed by atoms with E-state index in [-0.39, 0.29) is 17.0 Å². The zero-order valence-electron chi connectivity index (χ0n) is 32.0. The highest BCUT2D eigenvalue weighted by Gasteiger charge is 2.55. The summed E-state index contributed by atoms with van der Waals surface area (Å²) in [5.41, 5.74) is 14.3. The molecule has 0 amide bonds. The Kier molecular flexibility index (Phi) is 8.69. The molecule has 2 nitrogen and oxygen atoms in total.